The Hall–Kier alpha value is -2.82. The molecule has 1 spiro atoms. The largest absolute Gasteiger partial charge is 0.494 e. The number of carbonyl (C=O) groups is 2. The van der Waals surface area contributed by atoms with Crippen LogP contribution in [0.4, 0.5) is 4.79 Å². The smallest absolute Gasteiger partial charge is 0.325 e. The summed E-state index contributed by atoms with van der Waals surface area (Å²) in [5, 5.41) is 2.99. The summed E-state index contributed by atoms with van der Waals surface area (Å²) in [4.78, 5) is 27.3. The molecule has 1 aliphatic heterocycles. The van der Waals surface area contributed by atoms with Crippen molar-refractivity contribution in [1.82, 2.24) is 10.2 Å². The van der Waals surface area contributed by atoms with E-state index < -0.39 is 5.54 Å². The molecule has 1 aliphatic carbocycles. The van der Waals surface area contributed by atoms with Crippen LogP contribution >= 0.6 is 0 Å². The molecule has 0 aromatic heterocycles. The van der Waals surface area contributed by atoms with Crippen LogP contribution in [0.5, 0.6) is 5.75 Å². The fraction of sp³-hybridized carbons (Fsp3) is 0.333. The predicted octanol–water partition coefficient (Wildman–Crippen LogP) is 3.37. The van der Waals surface area contributed by atoms with Crippen LogP contribution in [0.1, 0.15) is 36.5 Å². The van der Waals surface area contributed by atoms with Crippen molar-refractivity contribution < 1.29 is 14.3 Å². The molecular formula is C21H22N2O3. The molecule has 0 saturated carbocycles. The number of nitrogens with zero attached hydrogens (tertiary/aromatic N) is 1. The Morgan fingerprint density at radius 2 is 1.88 bits per heavy atom. The molecule has 1 heterocycles. The summed E-state index contributed by atoms with van der Waals surface area (Å²) in [6, 6.07) is 15.1. The molecule has 1 fully saturated rings. The zero-order valence-corrected chi connectivity index (χ0v) is 14.8. The fourth-order valence-electron chi connectivity index (χ4n) is 4.06. The number of nitrogens with one attached hydrogen (secondary N) is 1. The predicted molar refractivity (Wildman–Crippen MR) is 97.8 cm³/mol. The zero-order chi connectivity index (χ0) is 18.1. The van der Waals surface area contributed by atoms with E-state index in [0.717, 1.165) is 29.5 Å². The van der Waals surface area contributed by atoms with Gasteiger partial charge in [0.2, 0.25) is 0 Å². The highest BCUT2D eigenvalue weighted by atomic mass is 16.5. The Kier molecular flexibility index (Phi) is 4.15. The summed E-state index contributed by atoms with van der Waals surface area (Å²) in [5.74, 6) is 0.543. The number of ether oxygens (including phenoxy) is 1. The van der Waals surface area contributed by atoms with Crippen LogP contribution in [-0.4, -0.2) is 23.4 Å². The van der Waals surface area contributed by atoms with Gasteiger partial charge in [0.25, 0.3) is 5.91 Å². The quantitative estimate of drug-likeness (QED) is 0.860. The maximum absolute atomic E-state index is 13.3. The Labute approximate surface area is 153 Å². The molecule has 0 radical (unpaired) electrons. The first-order valence-corrected chi connectivity index (χ1v) is 9.09. The van der Waals surface area contributed by atoms with Gasteiger partial charge < -0.3 is 10.1 Å². The summed E-state index contributed by atoms with van der Waals surface area (Å²) in [6.07, 6.45) is 2.46. The molecule has 5 nitrogen and oxygen atoms in total. The minimum Gasteiger partial charge on any atom is -0.494 e. The third-order valence-corrected chi connectivity index (χ3v) is 5.25. The van der Waals surface area contributed by atoms with Crippen molar-refractivity contribution in [3.63, 3.8) is 0 Å². The van der Waals surface area contributed by atoms with Gasteiger partial charge in [-0.3, -0.25) is 9.69 Å². The highest BCUT2D eigenvalue weighted by Gasteiger charge is 2.53. The third kappa shape index (κ3) is 2.55. The Bertz CT molecular complexity index is 864. The van der Waals surface area contributed by atoms with E-state index in [1.165, 1.54) is 4.90 Å². The molecule has 1 saturated heterocycles. The topological polar surface area (TPSA) is 58.6 Å². The first-order chi connectivity index (χ1) is 12.7. The molecule has 4 rings (SSSR count). The van der Waals surface area contributed by atoms with E-state index in [0.29, 0.717) is 18.8 Å². The summed E-state index contributed by atoms with van der Waals surface area (Å²) in [7, 11) is 0. The van der Waals surface area contributed by atoms with Crippen LogP contribution in [0.25, 0.3) is 0 Å². The van der Waals surface area contributed by atoms with Crippen LogP contribution in [-0.2, 0) is 23.3 Å². The summed E-state index contributed by atoms with van der Waals surface area (Å²) < 4.78 is 5.64. The highest BCUT2D eigenvalue weighted by molar-refractivity contribution is 6.07. The number of urea groups is 1. The van der Waals surface area contributed by atoms with Crippen molar-refractivity contribution in [2.45, 2.75) is 38.3 Å². The molecule has 1 atom stereocenters. The SMILES string of the molecule is CCOc1ccccc1CN1C(=O)NC2(CCCc3ccccc32)C1=O. The molecule has 1 unspecified atom stereocenters. The fourth-order valence-corrected chi connectivity index (χ4v) is 4.06. The van der Waals surface area contributed by atoms with E-state index in [9.17, 15) is 9.59 Å². The lowest BCUT2D eigenvalue weighted by molar-refractivity contribution is -0.132. The highest BCUT2D eigenvalue weighted by Crippen LogP contribution is 2.40. The number of aryl methyl sites for hydroxylation is 1. The van der Waals surface area contributed by atoms with Crippen molar-refractivity contribution in [1.29, 1.82) is 0 Å². The van der Waals surface area contributed by atoms with Gasteiger partial charge in [-0.25, -0.2) is 4.79 Å². The molecule has 2 aromatic rings. The number of carbonyl (C=O) groups excluding carboxylic acids is 2. The van der Waals surface area contributed by atoms with E-state index in [-0.39, 0.29) is 18.5 Å². The number of hydrogen-bond acceptors (Lipinski definition) is 3. The average molecular weight is 350 g/mol. The third-order valence-electron chi connectivity index (χ3n) is 5.25. The van der Waals surface area contributed by atoms with Crippen LogP contribution in [0.15, 0.2) is 48.5 Å². The number of rotatable bonds is 4. The summed E-state index contributed by atoms with van der Waals surface area (Å²) >= 11 is 0. The van der Waals surface area contributed by atoms with Gasteiger partial charge >= 0.3 is 6.03 Å². The van der Waals surface area contributed by atoms with Crippen LogP contribution in [0.2, 0.25) is 0 Å². The normalized spacial score (nSPS) is 21.7. The van der Waals surface area contributed by atoms with Crippen molar-refractivity contribution in [2.24, 2.45) is 0 Å². The first-order valence-electron chi connectivity index (χ1n) is 9.09. The average Bonchev–Trinajstić information content (AvgIpc) is 2.89. The van der Waals surface area contributed by atoms with E-state index in [1.54, 1.807) is 0 Å². The van der Waals surface area contributed by atoms with Gasteiger partial charge in [-0.15, -0.1) is 0 Å². The number of para-hydroxylation sites is 1. The molecule has 26 heavy (non-hydrogen) atoms. The van der Waals surface area contributed by atoms with E-state index in [4.69, 9.17) is 4.74 Å². The van der Waals surface area contributed by atoms with Crippen LogP contribution in [0, 0.1) is 0 Å². The van der Waals surface area contributed by atoms with E-state index in [1.807, 2.05) is 55.5 Å². The second kappa shape index (κ2) is 6.48. The summed E-state index contributed by atoms with van der Waals surface area (Å²) in [5.41, 5.74) is 1.99. The van der Waals surface area contributed by atoms with Crippen molar-refractivity contribution >= 4 is 11.9 Å². The molecular weight excluding hydrogens is 328 g/mol. The number of amides is 3. The lowest BCUT2D eigenvalue weighted by atomic mass is 9.76. The maximum Gasteiger partial charge on any atom is 0.325 e. The van der Waals surface area contributed by atoms with E-state index in [2.05, 4.69) is 5.32 Å². The molecule has 134 valence electrons. The lowest BCUT2D eigenvalue weighted by Crippen LogP contribution is -2.46. The Balaban J connectivity index is 1.68. The number of hydrogen-bond donors (Lipinski definition) is 1. The van der Waals surface area contributed by atoms with Crippen molar-refractivity contribution in [3.05, 3.63) is 65.2 Å². The van der Waals surface area contributed by atoms with Crippen molar-refractivity contribution in [2.75, 3.05) is 6.61 Å². The number of fused-ring (bicyclic) bond motifs is 2. The standard InChI is InChI=1S/C21H22N2O3/c1-2-26-18-12-6-4-9-16(18)14-23-19(24)21(22-20(23)25)13-7-10-15-8-3-5-11-17(15)21/h3-6,8-9,11-12H,2,7,10,13-14H2,1H3,(H,22,25). The minimum atomic E-state index is -0.924. The first kappa shape index (κ1) is 16.6. The van der Waals surface area contributed by atoms with Crippen LogP contribution in [0.3, 0.4) is 0 Å². The van der Waals surface area contributed by atoms with E-state index >= 15 is 0 Å². The van der Waals surface area contributed by atoms with Gasteiger partial charge in [-0.2, -0.15) is 0 Å². The minimum absolute atomic E-state index is 0.166. The second-order valence-electron chi connectivity index (χ2n) is 6.78. The Morgan fingerprint density at radius 3 is 2.73 bits per heavy atom. The molecule has 1 N–H and O–H groups in total. The van der Waals surface area contributed by atoms with Gasteiger partial charge in [0.1, 0.15) is 11.3 Å². The molecule has 5 heteroatoms. The van der Waals surface area contributed by atoms with Gasteiger partial charge in [0.05, 0.1) is 13.2 Å². The number of imide groups is 1. The molecule has 2 aromatic carbocycles. The Morgan fingerprint density at radius 1 is 1.12 bits per heavy atom. The lowest BCUT2D eigenvalue weighted by Gasteiger charge is -2.33. The molecule has 2 aliphatic rings. The maximum atomic E-state index is 13.3. The zero-order valence-electron chi connectivity index (χ0n) is 14.8. The monoisotopic (exact) mass is 350 g/mol. The molecule has 0 bridgehead atoms. The van der Waals surface area contributed by atoms with Gasteiger partial charge in [-0.05, 0) is 43.4 Å². The van der Waals surface area contributed by atoms with Gasteiger partial charge in [-0.1, -0.05) is 42.5 Å². The molecule has 3 amide bonds. The number of benzene rings is 2. The summed E-state index contributed by atoms with van der Waals surface area (Å²) in [6.45, 7) is 2.66. The van der Waals surface area contributed by atoms with Gasteiger partial charge in [0, 0.05) is 5.56 Å². The van der Waals surface area contributed by atoms with Crippen molar-refractivity contribution in [3.8, 4) is 5.75 Å². The second-order valence-corrected chi connectivity index (χ2v) is 6.78. The van der Waals surface area contributed by atoms with Gasteiger partial charge in [0.15, 0.2) is 0 Å². The van der Waals surface area contributed by atoms with Crippen LogP contribution < -0.4 is 10.1 Å².